The summed E-state index contributed by atoms with van der Waals surface area (Å²) in [5.74, 6) is 0. The Kier molecular flexibility index (Phi) is 5.29. The van der Waals surface area contributed by atoms with Gasteiger partial charge in [-0.05, 0) is 5.56 Å². The van der Waals surface area contributed by atoms with E-state index >= 15 is 0 Å². The van der Waals surface area contributed by atoms with E-state index in [1.165, 1.54) is 0 Å². The molecule has 1 aromatic rings. The van der Waals surface area contributed by atoms with Crippen molar-refractivity contribution in [1.82, 2.24) is 0 Å². The van der Waals surface area contributed by atoms with Crippen LogP contribution in [0.4, 0.5) is 0 Å². The minimum absolute atomic E-state index is 0.140. The molecule has 0 aliphatic rings. The first-order valence-electron chi connectivity index (χ1n) is 3.50. The Morgan fingerprint density at radius 1 is 1.23 bits per heavy atom. The van der Waals surface area contributed by atoms with E-state index in [2.05, 4.69) is 0 Å². The molecule has 0 amide bonds. The summed E-state index contributed by atoms with van der Waals surface area (Å²) in [5, 5.41) is 8.54. The molecular formula is C8H12O4S. The van der Waals surface area contributed by atoms with Crippen LogP contribution in [-0.2, 0) is 16.7 Å². The molecule has 0 heterocycles. The second-order valence-corrected chi connectivity index (χ2v) is 3.84. The number of aliphatic hydroxyl groups is 1. The number of hydrogen-bond donors (Lipinski definition) is 2. The average molecular weight is 204 g/mol. The van der Waals surface area contributed by atoms with E-state index in [0.717, 1.165) is 5.56 Å². The predicted octanol–water partition coefficient (Wildman–Crippen LogP) is 0.683. The van der Waals surface area contributed by atoms with Crippen LogP contribution in [-0.4, -0.2) is 24.3 Å². The Morgan fingerprint density at radius 2 is 1.62 bits per heavy atom. The van der Waals surface area contributed by atoms with Crippen LogP contribution in [0.25, 0.3) is 0 Å². The molecule has 74 valence electrons. The highest BCUT2D eigenvalue weighted by atomic mass is 32.2. The molecule has 0 radical (unpaired) electrons. The summed E-state index contributed by atoms with van der Waals surface area (Å²) >= 11 is 0. The van der Waals surface area contributed by atoms with Crippen LogP contribution in [0, 0.1) is 0 Å². The summed E-state index contributed by atoms with van der Waals surface area (Å²) in [7, 11) is -3.67. The van der Waals surface area contributed by atoms with Crippen LogP contribution < -0.4 is 0 Å². The summed E-state index contributed by atoms with van der Waals surface area (Å²) in [4.78, 5) is 0. The first-order chi connectivity index (χ1) is 5.93. The molecule has 0 aliphatic carbocycles. The fourth-order valence-electron chi connectivity index (χ4n) is 0.583. The summed E-state index contributed by atoms with van der Waals surface area (Å²) in [5.41, 5.74) is 0.965. The van der Waals surface area contributed by atoms with E-state index < -0.39 is 10.1 Å². The lowest BCUT2D eigenvalue weighted by Gasteiger charge is -1.89. The largest absolute Gasteiger partial charge is 0.392 e. The molecule has 1 aromatic carbocycles. The lowest BCUT2D eigenvalue weighted by atomic mass is 10.2. The van der Waals surface area contributed by atoms with Crippen molar-refractivity contribution in [3.05, 3.63) is 35.9 Å². The lowest BCUT2D eigenvalue weighted by Crippen LogP contribution is -1.88. The topological polar surface area (TPSA) is 74.6 Å². The van der Waals surface area contributed by atoms with Gasteiger partial charge < -0.3 is 5.11 Å². The highest BCUT2D eigenvalue weighted by Crippen LogP contribution is 1.95. The minimum atomic E-state index is -3.67. The normalized spacial score (nSPS) is 10.1. The van der Waals surface area contributed by atoms with Gasteiger partial charge in [0.25, 0.3) is 10.1 Å². The van der Waals surface area contributed by atoms with Crippen molar-refractivity contribution in [2.45, 2.75) is 6.61 Å². The summed E-state index contributed by atoms with van der Waals surface area (Å²) in [6, 6.07) is 9.52. The zero-order valence-corrected chi connectivity index (χ0v) is 8.03. The quantitative estimate of drug-likeness (QED) is 0.660. The number of rotatable bonds is 1. The van der Waals surface area contributed by atoms with E-state index in [4.69, 9.17) is 9.66 Å². The fourth-order valence-corrected chi connectivity index (χ4v) is 0.583. The number of benzene rings is 1. The Labute approximate surface area is 77.6 Å². The van der Waals surface area contributed by atoms with Gasteiger partial charge in [0.1, 0.15) is 0 Å². The van der Waals surface area contributed by atoms with Crippen molar-refractivity contribution < 1.29 is 18.1 Å². The Hall–Kier alpha value is -0.910. The van der Waals surface area contributed by atoms with Crippen molar-refractivity contribution >= 4 is 10.1 Å². The van der Waals surface area contributed by atoms with E-state index in [1.54, 1.807) is 0 Å². The summed E-state index contributed by atoms with van der Waals surface area (Å²) < 4.78 is 25.9. The van der Waals surface area contributed by atoms with Gasteiger partial charge in [-0.25, -0.2) is 0 Å². The molecule has 0 bridgehead atoms. The Balaban J connectivity index is 0.000000252. The molecule has 0 unspecified atom stereocenters. The third-order valence-corrected chi connectivity index (χ3v) is 1.03. The average Bonchev–Trinajstić information content (AvgIpc) is 2.03. The molecule has 0 aromatic heterocycles. The standard InChI is InChI=1S/C7H8O.CH4O3S/c8-6-7-4-2-1-3-5-7;1-5(2,3)4/h1-5,8H,6H2;1H3,(H,2,3,4). The molecule has 2 N–H and O–H groups in total. The van der Waals surface area contributed by atoms with Gasteiger partial charge in [-0.15, -0.1) is 0 Å². The molecule has 0 aliphatic heterocycles. The number of hydrogen-bond acceptors (Lipinski definition) is 3. The van der Waals surface area contributed by atoms with E-state index in [-0.39, 0.29) is 6.61 Å². The number of aliphatic hydroxyl groups excluding tert-OH is 1. The van der Waals surface area contributed by atoms with Crippen LogP contribution in [0.2, 0.25) is 0 Å². The molecule has 0 fully saturated rings. The van der Waals surface area contributed by atoms with Crippen LogP contribution in [0.5, 0.6) is 0 Å². The van der Waals surface area contributed by atoms with Crippen LogP contribution in [0.15, 0.2) is 30.3 Å². The third-order valence-electron chi connectivity index (χ3n) is 1.03. The van der Waals surface area contributed by atoms with Gasteiger partial charge in [0.15, 0.2) is 0 Å². The SMILES string of the molecule is CS(=O)(=O)O.OCc1ccccc1. The molecule has 4 nitrogen and oxygen atoms in total. The monoisotopic (exact) mass is 204 g/mol. The van der Waals surface area contributed by atoms with Crippen LogP contribution in [0.3, 0.4) is 0 Å². The van der Waals surface area contributed by atoms with Gasteiger partial charge in [0.2, 0.25) is 0 Å². The summed E-state index contributed by atoms with van der Waals surface area (Å²) in [6.45, 7) is 0.140. The molecule has 13 heavy (non-hydrogen) atoms. The van der Waals surface area contributed by atoms with Crippen molar-refractivity contribution in [3.63, 3.8) is 0 Å². The van der Waals surface area contributed by atoms with Gasteiger partial charge in [0.05, 0.1) is 12.9 Å². The Morgan fingerprint density at radius 3 is 1.85 bits per heavy atom. The maximum absolute atomic E-state index is 9.19. The van der Waals surface area contributed by atoms with Gasteiger partial charge in [-0.2, -0.15) is 8.42 Å². The van der Waals surface area contributed by atoms with E-state index in [1.807, 2.05) is 30.3 Å². The maximum Gasteiger partial charge on any atom is 0.261 e. The first-order valence-corrected chi connectivity index (χ1v) is 5.35. The van der Waals surface area contributed by atoms with Gasteiger partial charge in [-0.3, -0.25) is 4.55 Å². The second-order valence-electron chi connectivity index (χ2n) is 2.38. The lowest BCUT2D eigenvalue weighted by molar-refractivity contribution is 0.282. The molecule has 0 atom stereocenters. The molecule has 0 spiro atoms. The molecule has 0 saturated heterocycles. The molecule has 5 heteroatoms. The zero-order chi connectivity index (χ0) is 10.3. The van der Waals surface area contributed by atoms with E-state index in [9.17, 15) is 8.42 Å². The van der Waals surface area contributed by atoms with Crippen LogP contribution in [0.1, 0.15) is 5.56 Å². The molecule has 1 rings (SSSR count). The van der Waals surface area contributed by atoms with Crippen molar-refractivity contribution in [2.24, 2.45) is 0 Å². The zero-order valence-electron chi connectivity index (χ0n) is 7.21. The highest BCUT2D eigenvalue weighted by molar-refractivity contribution is 7.85. The minimum Gasteiger partial charge on any atom is -0.392 e. The van der Waals surface area contributed by atoms with E-state index in [0.29, 0.717) is 6.26 Å². The van der Waals surface area contributed by atoms with Crippen molar-refractivity contribution in [3.8, 4) is 0 Å². The summed E-state index contributed by atoms with van der Waals surface area (Å²) in [6.07, 6.45) is 0.715. The van der Waals surface area contributed by atoms with Gasteiger partial charge in [-0.1, -0.05) is 30.3 Å². The smallest absolute Gasteiger partial charge is 0.261 e. The Bertz CT molecular complexity index is 309. The second kappa shape index (κ2) is 5.69. The third kappa shape index (κ3) is 11.1. The highest BCUT2D eigenvalue weighted by Gasteiger charge is 1.81. The first kappa shape index (κ1) is 12.1. The predicted molar refractivity (Wildman–Crippen MR) is 49.8 cm³/mol. The van der Waals surface area contributed by atoms with Crippen LogP contribution >= 0.6 is 0 Å². The van der Waals surface area contributed by atoms with Crippen molar-refractivity contribution in [1.29, 1.82) is 0 Å². The van der Waals surface area contributed by atoms with Crippen molar-refractivity contribution in [2.75, 3.05) is 6.26 Å². The molecular weight excluding hydrogens is 192 g/mol. The fraction of sp³-hybridized carbons (Fsp3) is 0.250. The van der Waals surface area contributed by atoms with Gasteiger partial charge >= 0.3 is 0 Å². The van der Waals surface area contributed by atoms with Gasteiger partial charge in [0, 0.05) is 0 Å². The maximum atomic E-state index is 9.19. The molecule has 0 saturated carbocycles.